The SMILES string of the molecule is C=CCNC(=NCc1cccs1)NC[C@@H]1CCN(C(C)C)C1. The largest absolute Gasteiger partial charge is 0.356 e. The van der Waals surface area contributed by atoms with Crippen LogP contribution in [-0.2, 0) is 6.54 Å². The van der Waals surface area contributed by atoms with Gasteiger partial charge in [0.05, 0.1) is 6.54 Å². The van der Waals surface area contributed by atoms with Crippen LogP contribution in [0.3, 0.4) is 0 Å². The maximum atomic E-state index is 4.66. The highest BCUT2D eigenvalue weighted by molar-refractivity contribution is 7.09. The summed E-state index contributed by atoms with van der Waals surface area (Å²) in [6.07, 6.45) is 3.13. The summed E-state index contributed by atoms with van der Waals surface area (Å²) in [5.41, 5.74) is 0. The van der Waals surface area contributed by atoms with E-state index in [1.165, 1.54) is 24.4 Å². The summed E-state index contributed by atoms with van der Waals surface area (Å²) < 4.78 is 0. The second kappa shape index (κ2) is 8.96. The van der Waals surface area contributed by atoms with Crippen molar-refractivity contribution in [2.45, 2.75) is 32.9 Å². The van der Waals surface area contributed by atoms with Crippen molar-refractivity contribution in [1.29, 1.82) is 0 Å². The predicted molar refractivity (Wildman–Crippen MR) is 96.5 cm³/mol. The summed E-state index contributed by atoms with van der Waals surface area (Å²) in [5, 5.41) is 8.88. The Morgan fingerprint density at radius 1 is 1.55 bits per heavy atom. The van der Waals surface area contributed by atoms with Gasteiger partial charge < -0.3 is 15.5 Å². The Morgan fingerprint density at radius 3 is 3.05 bits per heavy atom. The molecule has 4 nitrogen and oxygen atoms in total. The number of thiophene rings is 1. The van der Waals surface area contributed by atoms with Crippen LogP contribution in [0.1, 0.15) is 25.1 Å². The Kier molecular flexibility index (Phi) is 6.93. The molecular weight excluding hydrogens is 292 g/mol. The summed E-state index contributed by atoms with van der Waals surface area (Å²) >= 11 is 1.75. The summed E-state index contributed by atoms with van der Waals surface area (Å²) in [7, 11) is 0. The Bertz CT molecular complexity index is 467. The summed E-state index contributed by atoms with van der Waals surface area (Å²) in [6.45, 7) is 13.2. The molecule has 1 aliphatic heterocycles. The molecule has 1 saturated heterocycles. The van der Waals surface area contributed by atoms with Crippen molar-refractivity contribution in [1.82, 2.24) is 15.5 Å². The highest BCUT2D eigenvalue weighted by Crippen LogP contribution is 2.17. The lowest BCUT2D eigenvalue weighted by Crippen LogP contribution is -2.40. The van der Waals surface area contributed by atoms with E-state index in [1.807, 2.05) is 6.08 Å². The number of nitrogens with one attached hydrogen (secondary N) is 2. The molecule has 0 bridgehead atoms. The lowest BCUT2D eigenvalue weighted by molar-refractivity contribution is 0.265. The van der Waals surface area contributed by atoms with Crippen molar-refractivity contribution in [3.05, 3.63) is 35.0 Å². The van der Waals surface area contributed by atoms with Crippen molar-refractivity contribution in [3.8, 4) is 0 Å². The van der Waals surface area contributed by atoms with E-state index in [0.29, 0.717) is 12.0 Å². The fourth-order valence-corrected chi connectivity index (χ4v) is 3.27. The number of likely N-dealkylation sites (tertiary alicyclic amines) is 1. The molecule has 1 aliphatic rings. The number of hydrogen-bond donors (Lipinski definition) is 2. The normalized spacial score (nSPS) is 19.6. The molecule has 2 rings (SSSR count). The summed E-state index contributed by atoms with van der Waals surface area (Å²) in [6, 6.07) is 4.84. The van der Waals surface area contributed by atoms with Crippen LogP contribution < -0.4 is 10.6 Å². The third kappa shape index (κ3) is 5.46. The van der Waals surface area contributed by atoms with Gasteiger partial charge in [0.15, 0.2) is 5.96 Å². The monoisotopic (exact) mass is 320 g/mol. The molecule has 0 amide bonds. The molecule has 0 saturated carbocycles. The van der Waals surface area contributed by atoms with E-state index in [4.69, 9.17) is 0 Å². The van der Waals surface area contributed by atoms with Gasteiger partial charge in [-0.3, -0.25) is 0 Å². The van der Waals surface area contributed by atoms with Crippen LogP contribution >= 0.6 is 11.3 Å². The number of rotatable bonds is 7. The van der Waals surface area contributed by atoms with E-state index in [-0.39, 0.29) is 0 Å². The van der Waals surface area contributed by atoms with Gasteiger partial charge in [0.25, 0.3) is 0 Å². The van der Waals surface area contributed by atoms with Gasteiger partial charge in [-0.1, -0.05) is 12.1 Å². The van der Waals surface area contributed by atoms with Crippen molar-refractivity contribution in [3.63, 3.8) is 0 Å². The number of guanidine groups is 1. The highest BCUT2D eigenvalue weighted by Gasteiger charge is 2.23. The van der Waals surface area contributed by atoms with Gasteiger partial charge in [0, 0.05) is 30.6 Å². The van der Waals surface area contributed by atoms with E-state index in [0.717, 1.165) is 25.6 Å². The Labute approximate surface area is 138 Å². The van der Waals surface area contributed by atoms with Crippen molar-refractivity contribution < 1.29 is 0 Å². The van der Waals surface area contributed by atoms with E-state index in [9.17, 15) is 0 Å². The van der Waals surface area contributed by atoms with Gasteiger partial charge in [-0.2, -0.15) is 0 Å². The minimum absolute atomic E-state index is 0.649. The van der Waals surface area contributed by atoms with Crippen LogP contribution in [0.5, 0.6) is 0 Å². The fraction of sp³-hybridized carbons (Fsp3) is 0.588. The molecule has 0 unspecified atom stereocenters. The van der Waals surface area contributed by atoms with E-state index in [2.05, 4.69) is 58.5 Å². The van der Waals surface area contributed by atoms with Crippen LogP contribution in [0.2, 0.25) is 0 Å². The Hall–Kier alpha value is -1.33. The second-order valence-corrected chi connectivity index (χ2v) is 7.07. The molecule has 2 heterocycles. The van der Waals surface area contributed by atoms with Crippen LogP contribution in [0.4, 0.5) is 0 Å². The van der Waals surface area contributed by atoms with E-state index in [1.54, 1.807) is 11.3 Å². The molecule has 122 valence electrons. The first-order valence-corrected chi connectivity index (χ1v) is 8.96. The van der Waals surface area contributed by atoms with Crippen molar-refractivity contribution in [2.24, 2.45) is 10.9 Å². The summed E-state index contributed by atoms with van der Waals surface area (Å²) in [4.78, 5) is 8.49. The topological polar surface area (TPSA) is 39.7 Å². The van der Waals surface area contributed by atoms with Gasteiger partial charge in [0.1, 0.15) is 0 Å². The molecule has 1 aromatic heterocycles. The minimum atomic E-state index is 0.649. The molecule has 0 aliphatic carbocycles. The average molecular weight is 321 g/mol. The van der Waals surface area contributed by atoms with Crippen molar-refractivity contribution in [2.75, 3.05) is 26.2 Å². The molecule has 1 atom stereocenters. The third-order valence-electron chi connectivity index (χ3n) is 3.99. The zero-order valence-electron chi connectivity index (χ0n) is 13.7. The zero-order valence-corrected chi connectivity index (χ0v) is 14.5. The zero-order chi connectivity index (χ0) is 15.8. The number of aliphatic imine (C=N–C) groups is 1. The standard InChI is InChI=1S/C17H28N4S/c1-4-8-18-17(20-12-16-6-5-10-22-16)19-11-15-7-9-21(13-15)14(2)3/h4-6,10,14-15H,1,7-9,11-13H2,2-3H3,(H2,18,19,20)/t15-/m0/s1. The Balaban J connectivity index is 1.81. The highest BCUT2D eigenvalue weighted by atomic mass is 32.1. The van der Waals surface area contributed by atoms with Gasteiger partial charge in [-0.25, -0.2) is 4.99 Å². The molecule has 1 aromatic rings. The maximum Gasteiger partial charge on any atom is 0.191 e. The lowest BCUT2D eigenvalue weighted by atomic mass is 10.1. The smallest absolute Gasteiger partial charge is 0.191 e. The number of nitrogens with zero attached hydrogens (tertiary/aromatic N) is 2. The fourth-order valence-electron chi connectivity index (χ4n) is 2.64. The second-order valence-electron chi connectivity index (χ2n) is 6.04. The van der Waals surface area contributed by atoms with Crippen molar-refractivity contribution >= 4 is 17.3 Å². The van der Waals surface area contributed by atoms with E-state index < -0.39 is 0 Å². The molecule has 5 heteroatoms. The molecule has 0 spiro atoms. The molecule has 0 aromatic carbocycles. The first-order valence-electron chi connectivity index (χ1n) is 8.08. The van der Waals surface area contributed by atoms with Gasteiger partial charge in [0.2, 0.25) is 0 Å². The quantitative estimate of drug-likeness (QED) is 0.461. The molecule has 2 N–H and O–H groups in total. The minimum Gasteiger partial charge on any atom is -0.356 e. The van der Waals surface area contributed by atoms with Gasteiger partial charge in [-0.15, -0.1) is 17.9 Å². The van der Waals surface area contributed by atoms with Crippen LogP contribution in [-0.4, -0.2) is 43.1 Å². The number of hydrogen-bond acceptors (Lipinski definition) is 3. The van der Waals surface area contributed by atoms with Crippen LogP contribution in [0, 0.1) is 5.92 Å². The molecule has 1 fully saturated rings. The molecular formula is C17H28N4S. The lowest BCUT2D eigenvalue weighted by Gasteiger charge is -2.20. The first-order chi connectivity index (χ1) is 10.7. The van der Waals surface area contributed by atoms with Crippen LogP contribution in [0.25, 0.3) is 0 Å². The Morgan fingerprint density at radius 2 is 2.41 bits per heavy atom. The first kappa shape index (κ1) is 17.0. The van der Waals surface area contributed by atoms with E-state index >= 15 is 0 Å². The summed E-state index contributed by atoms with van der Waals surface area (Å²) in [5.74, 6) is 1.59. The maximum absolute atomic E-state index is 4.66. The third-order valence-corrected chi connectivity index (χ3v) is 4.85. The molecule has 22 heavy (non-hydrogen) atoms. The average Bonchev–Trinajstić information content (AvgIpc) is 3.18. The van der Waals surface area contributed by atoms with Gasteiger partial charge >= 0.3 is 0 Å². The molecule has 0 radical (unpaired) electrons. The predicted octanol–water partition coefficient (Wildman–Crippen LogP) is 2.70. The van der Waals surface area contributed by atoms with Gasteiger partial charge in [-0.05, 0) is 44.2 Å². The van der Waals surface area contributed by atoms with Crippen LogP contribution in [0.15, 0.2) is 35.2 Å².